The van der Waals surface area contributed by atoms with Crippen molar-refractivity contribution in [3.8, 4) is 0 Å². The van der Waals surface area contributed by atoms with Crippen LogP contribution >= 0.6 is 0 Å². The molecule has 2 nitrogen and oxygen atoms in total. The molecule has 0 fully saturated rings. The summed E-state index contributed by atoms with van der Waals surface area (Å²) < 4.78 is 12.8. The average Bonchev–Trinajstić information content (AvgIpc) is 1.95. The van der Waals surface area contributed by atoms with Gasteiger partial charge in [0.25, 0.3) is 0 Å². The number of aryl methyl sites for hydroxylation is 1. The minimum atomic E-state index is -0.405. The molecule has 1 aromatic carbocycles. The molecule has 3 heteroatoms. The second-order valence-electron chi connectivity index (χ2n) is 2.25. The molecule has 0 aliphatic heterocycles. The van der Waals surface area contributed by atoms with Crippen LogP contribution in [0.1, 0.15) is 5.56 Å². The molecule has 0 aliphatic carbocycles. The lowest BCUT2D eigenvalue weighted by Crippen LogP contribution is -1.96. The summed E-state index contributed by atoms with van der Waals surface area (Å²) in [6.07, 6.45) is 0.452. The van der Waals surface area contributed by atoms with Crippen LogP contribution in [-0.2, 0) is 4.79 Å². The molecule has 0 aliphatic rings. The highest BCUT2D eigenvalue weighted by Crippen LogP contribution is 2.13. The van der Waals surface area contributed by atoms with E-state index in [2.05, 4.69) is 5.32 Å². The van der Waals surface area contributed by atoms with Gasteiger partial charge in [0.2, 0.25) is 6.41 Å². The minimum Gasteiger partial charge on any atom is -0.326 e. The Morgan fingerprint density at radius 2 is 2.27 bits per heavy atom. The molecule has 0 atom stereocenters. The monoisotopic (exact) mass is 153 g/mol. The maximum absolute atomic E-state index is 12.8. The number of anilines is 1. The van der Waals surface area contributed by atoms with Gasteiger partial charge in [-0.2, -0.15) is 0 Å². The van der Waals surface area contributed by atoms with Gasteiger partial charge in [-0.3, -0.25) is 4.79 Å². The van der Waals surface area contributed by atoms with Crippen LogP contribution in [-0.4, -0.2) is 6.41 Å². The Morgan fingerprint density at radius 3 is 2.82 bits per heavy atom. The first-order valence-electron chi connectivity index (χ1n) is 3.20. The molecule has 0 heterocycles. The van der Waals surface area contributed by atoms with Crippen LogP contribution in [0.3, 0.4) is 0 Å². The third-order valence-electron chi connectivity index (χ3n) is 1.34. The summed E-state index contributed by atoms with van der Waals surface area (Å²) in [5.74, 6) is -0.405. The van der Waals surface area contributed by atoms with Crippen LogP contribution in [0.25, 0.3) is 0 Å². The van der Waals surface area contributed by atoms with Crippen LogP contribution in [0.5, 0.6) is 0 Å². The van der Waals surface area contributed by atoms with Crippen LogP contribution in [0.2, 0.25) is 0 Å². The second kappa shape index (κ2) is 3.14. The van der Waals surface area contributed by atoms with Gasteiger partial charge in [0, 0.05) is 0 Å². The van der Waals surface area contributed by atoms with Crippen LogP contribution in [0.4, 0.5) is 10.1 Å². The van der Waals surface area contributed by atoms with Gasteiger partial charge in [-0.25, -0.2) is 4.39 Å². The van der Waals surface area contributed by atoms with Crippen molar-refractivity contribution in [2.45, 2.75) is 6.92 Å². The number of rotatable bonds is 2. The van der Waals surface area contributed by atoms with Crippen molar-refractivity contribution in [2.24, 2.45) is 0 Å². The first kappa shape index (κ1) is 7.72. The van der Waals surface area contributed by atoms with Gasteiger partial charge in [-0.1, -0.05) is 6.07 Å². The zero-order valence-corrected chi connectivity index (χ0v) is 6.10. The molecular weight excluding hydrogens is 145 g/mol. The molecule has 0 saturated heterocycles. The van der Waals surface area contributed by atoms with E-state index in [9.17, 15) is 9.18 Å². The fraction of sp³-hybridized carbons (Fsp3) is 0.125. The van der Waals surface area contributed by atoms with E-state index < -0.39 is 5.82 Å². The van der Waals surface area contributed by atoms with Crippen molar-refractivity contribution < 1.29 is 9.18 Å². The van der Waals surface area contributed by atoms with Gasteiger partial charge in [0.15, 0.2) is 0 Å². The Hall–Kier alpha value is -1.38. The topological polar surface area (TPSA) is 29.1 Å². The summed E-state index contributed by atoms with van der Waals surface area (Å²) in [4.78, 5) is 9.93. The van der Waals surface area contributed by atoms with E-state index in [0.29, 0.717) is 6.41 Å². The maximum atomic E-state index is 12.8. The summed E-state index contributed by atoms with van der Waals surface area (Å²) in [6.45, 7) is 1.79. The Bertz CT molecular complexity index is 273. The summed E-state index contributed by atoms with van der Waals surface area (Å²) in [5.41, 5.74) is 1.05. The third kappa shape index (κ3) is 1.77. The van der Waals surface area contributed by atoms with Crippen LogP contribution in [0, 0.1) is 12.7 Å². The highest BCUT2D eigenvalue weighted by Gasteiger charge is 1.98. The fourth-order valence-corrected chi connectivity index (χ4v) is 0.801. The summed E-state index contributed by atoms with van der Waals surface area (Å²) >= 11 is 0. The average molecular weight is 153 g/mol. The van der Waals surface area contributed by atoms with E-state index in [1.165, 1.54) is 12.1 Å². The molecule has 58 valence electrons. The molecule has 0 spiro atoms. The Labute approximate surface area is 64.0 Å². The van der Waals surface area contributed by atoms with Crippen molar-refractivity contribution in [1.82, 2.24) is 0 Å². The molecule has 1 amide bonds. The van der Waals surface area contributed by atoms with Gasteiger partial charge in [-0.05, 0) is 24.6 Å². The van der Waals surface area contributed by atoms with Crippen molar-refractivity contribution in [3.05, 3.63) is 29.6 Å². The predicted molar refractivity (Wildman–Crippen MR) is 40.8 cm³/mol. The van der Waals surface area contributed by atoms with Crippen molar-refractivity contribution >= 4 is 12.1 Å². The number of hydrogen-bond acceptors (Lipinski definition) is 1. The minimum absolute atomic E-state index is 0.214. The lowest BCUT2D eigenvalue weighted by atomic mass is 10.2. The number of benzene rings is 1. The quantitative estimate of drug-likeness (QED) is 0.644. The molecule has 0 aromatic heterocycles. The fourth-order valence-electron chi connectivity index (χ4n) is 0.801. The Morgan fingerprint density at radius 1 is 1.55 bits per heavy atom. The highest BCUT2D eigenvalue weighted by atomic mass is 19.1. The van der Waals surface area contributed by atoms with Gasteiger partial charge in [0.1, 0.15) is 5.82 Å². The lowest BCUT2D eigenvalue weighted by molar-refractivity contribution is -0.105. The lowest BCUT2D eigenvalue weighted by Gasteiger charge is -2.00. The van der Waals surface area contributed by atoms with E-state index in [0.717, 1.165) is 5.56 Å². The van der Waals surface area contributed by atoms with E-state index in [4.69, 9.17) is 0 Å². The molecule has 0 unspecified atom stereocenters. The number of amides is 1. The third-order valence-corrected chi connectivity index (χ3v) is 1.34. The highest BCUT2D eigenvalue weighted by molar-refractivity contribution is 5.71. The van der Waals surface area contributed by atoms with E-state index >= 15 is 0 Å². The molecule has 11 heavy (non-hydrogen) atoms. The van der Waals surface area contributed by atoms with Crippen molar-refractivity contribution in [1.29, 1.82) is 0 Å². The summed E-state index contributed by atoms with van der Waals surface area (Å²) in [6, 6.07) is 4.62. The number of halogens is 1. The predicted octanol–water partition coefficient (Wildman–Crippen LogP) is 1.70. The van der Waals surface area contributed by atoms with Crippen molar-refractivity contribution in [2.75, 3.05) is 5.32 Å². The van der Waals surface area contributed by atoms with Gasteiger partial charge in [0.05, 0.1) is 5.69 Å². The van der Waals surface area contributed by atoms with Crippen LogP contribution < -0.4 is 5.32 Å². The SMILES string of the molecule is Cc1ccc(NC=O)c(F)c1. The number of hydrogen-bond donors (Lipinski definition) is 1. The summed E-state index contributed by atoms with van der Waals surface area (Å²) in [5, 5.41) is 2.25. The maximum Gasteiger partial charge on any atom is 0.211 e. The Balaban J connectivity index is 2.98. The number of carbonyl (C=O) groups is 1. The van der Waals surface area contributed by atoms with Crippen molar-refractivity contribution in [3.63, 3.8) is 0 Å². The van der Waals surface area contributed by atoms with E-state index in [-0.39, 0.29) is 5.69 Å². The largest absolute Gasteiger partial charge is 0.326 e. The van der Waals surface area contributed by atoms with Crippen LogP contribution in [0.15, 0.2) is 18.2 Å². The van der Waals surface area contributed by atoms with Gasteiger partial charge < -0.3 is 5.32 Å². The molecular formula is C8H8FNO. The first-order valence-corrected chi connectivity index (χ1v) is 3.20. The molecule has 1 aromatic rings. The normalized spacial score (nSPS) is 9.27. The number of nitrogens with one attached hydrogen (secondary N) is 1. The van der Waals surface area contributed by atoms with E-state index in [1.807, 2.05) is 0 Å². The Kier molecular flexibility index (Phi) is 2.21. The van der Waals surface area contributed by atoms with E-state index in [1.54, 1.807) is 13.0 Å². The second-order valence-corrected chi connectivity index (χ2v) is 2.25. The standard InChI is InChI=1S/C8H8FNO/c1-6-2-3-8(10-5-11)7(9)4-6/h2-5H,1H3,(H,10,11). The number of carbonyl (C=O) groups excluding carboxylic acids is 1. The van der Waals surface area contributed by atoms with Gasteiger partial charge >= 0.3 is 0 Å². The first-order chi connectivity index (χ1) is 5.24. The molecule has 1 N–H and O–H groups in total. The summed E-state index contributed by atoms with van der Waals surface area (Å²) in [7, 11) is 0. The molecule has 1 rings (SSSR count). The molecule has 0 saturated carbocycles. The zero-order valence-electron chi connectivity index (χ0n) is 6.10. The molecule has 0 radical (unpaired) electrons. The zero-order chi connectivity index (χ0) is 8.27. The van der Waals surface area contributed by atoms with Gasteiger partial charge in [-0.15, -0.1) is 0 Å². The molecule has 0 bridgehead atoms. The smallest absolute Gasteiger partial charge is 0.211 e.